The molecule has 1 heterocycles. The molecule has 0 saturated carbocycles. The monoisotopic (exact) mass is 322 g/mol. The van der Waals surface area contributed by atoms with Gasteiger partial charge in [0.05, 0.1) is 0 Å². The Hall–Kier alpha value is -2.29. The van der Waals surface area contributed by atoms with Crippen LogP contribution < -0.4 is 10.2 Å². The van der Waals surface area contributed by atoms with Gasteiger partial charge in [0.1, 0.15) is 0 Å². The number of para-hydroxylation sites is 1. The van der Waals surface area contributed by atoms with E-state index in [1.807, 2.05) is 25.1 Å². The number of carbonyl (C=O) groups excluding carboxylic acids is 1. The number of nitrogens with one attached hydrogen (secondary N) is 1. The molecule has 0 aliphatic carbocycles. The lowest BCUT2D eigenvalue weighted by molar-refractivity contribution is 0.0953. The first kappa shape index (κ1) is 16.6. The van der Waals surface area contributed by atoms with E-state index in [1.54, 1.807) is 0 Å². The molecule has 0 bridgehead atoms. The molecule has 24 heavy (non-hydrogen) atoms. The Morgan fingerprint density at radius 3 is 2.75 bits per heavy atom. The van der Waals surface area contributed by atoms with Gasteiger partial charge in [0.25, 0.3) is 5.91 Å². The van der Waals surface area contributed by atoms with Gasteiger partial charge in [-0.15, -0.1) is 0 Å². The van der Waals surface area contributed by atoms with Crippen LogP contribution in [0.15, 0.2) is 42.5 Å². The van der Waals surface area contributed by atoms with E-state index in [4.69, 9.17) is 0 Å². The Balaban J connectivity index is 1.50. The van der Waals surface area contributed by atoms with Crippen LogP contribution in [0.3, 0.4) is 0 Å². The molecule has 1 aliphatic heterocycles. The number of aryl methyl sites for hydroxylation is 2. The van der Waals surface area contributed by atoms with E-state index in [-0.39, 0.29) is 5.91 Å². The number of rotatable bonds is 5. The number of nitrogens with zero attached hydrogens (tertiary/aromatic N) is 1. The SMILES string of the molecule is Cc1ccc(C(=O)NCCCN2c3ccccc3CC2C)cc1C. The van der Waals surface area contributed by atoms with Crippen LogP contribution in [-0.4, -0.2) is 25.0 Å². The topological polar surface area (TPSA) is 32.3 Å². The highest BCUT2D eigenvalue weighted by Gasteiger charge is 2.24. The maximum Gasteiger partial charge on any atom is 0.251 e. The van der Waals surface area contributed by atoms with Crippen LogP contribution in [0.5, 0.6) is 0 Å². The third kappa shape index (κ3) is 3.45. The van der Waals surface area contributed by atoms with E-state index >= 15 is 0 Å². The minimum absolute atomic E-state index is 0.0213. The third-order valence-corrected chi connectivity index (χ3v) is 4.98. The van der Waals surface area contributed by atoms with Gasteiger partial charge in [-0.2, -0.15) is 0 Å². The highest BCUT2D eigenvalue weighted by atomic mass is 16.1. The van der Waals surface area contributed by atoms with Crippen molar-refractivity contribution in [2.45, 2.75) is 39.7 Å². The molecule has 1 aliphatic rings. The number of benzene rings is 2. The van der Waals surface area contributed by atoms with E-state index in [0.29, 0.717) is 12.6 Å². The van der Waals surface area contributed by atoms with E-state index in [9.17, 15) is 4.79 Å². The van der Waals surface area contributed by atoms with Crippen molar-refractivity contribution in [3.63, 3.8) is 0 Å². The average Bonchev–Trinajstić information content (AvgIpc) is 2.89. The molecule has 1 atom stereocenters. The van der Waals surface area contributed by atoms with E-state index in [0.717, 1.165) is 30.5 Å². The number of amides is 1. The van der Waals surface area contributed by atoms with Gasteiger partial charge in [0.2, 0.25) is 0 Å². The number of hydrogen-bond acceptors (Lipinski definition) is 2. The molecule has 2 aromatic carbocycles. The van der Waals surface area contributed by atoms with Crippen molar-refractivity contribution < 1.29 is 4.79 Å². The molecule has 0 fully saturated rings. The molecule has 0 aromatic heterocycles. The van der Waals surface area contributed by atoms with Crippen molar-refractivity contribution in [3.05, 3.63) is 64.7 Å². The lowest BCUT2D eigenvalue weighted by Crippen LogP contribution is -2.33. The Kier molecular flexibility index (Phi) is 4.89. The van der Waals surface area contributed by atoms with Crippen LogP contribution in [0.4, 0.5) is 5.69 Å². The molecule has 2 aromatic rings. The summed E-state index contributed by atoms with van der Waals surface area (Å²) in [4.78, 5) is 14.7. The molecule has 3 nitrogen and oxygen atoms in total. The predicted octanol–water partition coefficient (Wildman–Crippen LogP) is 3.87. The van der Waals surface area contributed by atoms with Crippen LogP contribution >= 0.6 is 0 Å². The smallest absolute Gasteiger partial charge is 0.251 e. The molecular weight excluding hydrogens is 296 g/mol. The summed E-state index contributed by atoms with van der Waals surface area (Å²) >= 11 is 0. The zero-order valence-corrected chi connectivity index (χ0v) is 14.8. The van der Waals surface area contributed by atoms with Crippen LogP contribution in [0.1, 0.15) is 40.4 Å². The highest BCUT2D eigenvalue weighted by molar-refractivity contribution is 5.94. The Morgan fingerprint density at radius 2 is 1.96 bits per heavy atom. The van der Waals surface area contributed by atoms with Gasteiger partial charge in [-0.25, -0.2) is 0 Å². The molecule has 126 valence electrons. The van der Waals surface area contributed by atoms with Gasteiger partial charge in [-0.1, -0.05) is 24.3 Å². The summed E-state index contributed by atoms with van der Waals surface area (Å²) in [6.07, 6.45) is 2.07. The summed E-state index contributed by atoms with van der Waals surface area (Å²) in [6.45, 7) is 8.06. The maximum absolute atomic E-state index is 12.2. The van der Waals surface area contributed by atoms with E-state index < -0.39 is 0 Å². The second kappa shape index (κ2) is 7.08. The molecule has 0 radical (unpaired) electrons. The lowest BCUT2D eigenvalue weighted by Gasteiger charge is -2.25. The minimum Gasteiger partial charge on any atom is -0.368 e. The average molecular weight is 322 g/mol. The highest BCUT2D eigenvalue weighted by Crippen LogP contribution is 2.31. The minimum atomic E-state index is 0.0213. The van der Waals surface area contributed by atoms with Crippen LogP contribution in [0.2, 0.25) is 0 Å². The number of hydrogen-bond donors (Lipinski definition) is 1. The quantitative estimate of drug-likeness (QED) is 0.848. The zero-order chi connectivity index (χ0) is 17.1. The molecule has 1 amide bonds. The molecule has 0 saturated heterocycles. The van der Waals surface area contributed by atoms with Crippen LogP contribution in [0.25, 0.3) is 0 Å². The predicted molar refractivity (Wildman–Crippen MR) is 99.8 cm³/mol. The maximum atomic E-state index is 12.2. The number of fused-ring (bicyclic) bond motifs is 1. The summed E-state index contributed by atoms with van der Waals surface area (Å²) in [5.74, 6) is 0.0213. The Bertz CT molecular complexity index is 738. The summed E-state index contributed by atoms with van der Waals surface area (Å²) in [6, 6.07) is 15.0. The first-order chi connectivity index (χ1) is 11.6. The fourth-order valence-corrected chi connectivity index (χ4v) is 3.41. The first-order valence-corrected chi connectivity index (χ1v) is 8.76. The molecule has 3 heteroatoms. The molecule has 1 N–H and O–H groups in total. The van der Waals surface area contributed by atoms with Crippen LogP contribution in [-0.2, 0) is 6.42 Å². The second-order valence-corrected chi connectivity index (χ2v) is 6.78. The molecule has 0 spiro atoms. The fraction of sp³-hybridized carbons (Fsp3) is 0.381. The Morgan fingerprint density at radius 1 is 1.17 bits per heavy atom. The normalized spacial score (nSPS) is 16.1. The third-order valence-electron chi connectivity index (χ3n) is 4.98. The zero-order valence-electron chi connectivity index (χ0n) is 14.8. The summed E-state index contributed by atoms with van der Waals surface area (Å²) < 4.78 is 0. The van der Waals surface area contributed by atoms with Crippen molar-refractivity contribution in [2.24, 2.45) is 0 Å². The van der Waals surface area contributed by atoms with Gasteiger partial charge in [0.15, 0.2) is 0 Å². The molecule has 3 rings (SSSR count). The van der Waals surface area contributed by atoms with Crippen molar-refractivity contribution in [1.29, 1.82) is 0 Å². The standard InChI is InChI=1S/C21H26N2O/c1-15-9-10-19(13-16(15)2)21(24)22-11-6-12-23-17(3)14-18-7-4-5-8-20(18)23/h4-5,7-10,13,17H,6,11-12,14H2,1-3H3,(H,22,24). The van der Waals surface area contributed by atoms with E-state index in [2.05, 4.69) is 48.3 Å². The second-order valence-electron chi connectivity index (χ2n) is 6.78. The number of carbonyl (C=O) groups is 1. The first-order valence-electron chi connectivity index (χ1n) is 8.76. The number of anilines is 1. The summed E-state index contributed by atoms with van der Waals surface area (Å²) in [5, 5.41) is 3.04. The van der Waals surface area contributed by atoms with Gasteiger partial charge in [-0.3, -0.25) is 4.79 Å². The van der Waals surface area contributed by atoms with Gasteiger partial charge in [-0.05, 0) is 68.5 Å². The van der Waals surface area contributed by atoms with Crippen LogP contribution in [0, 0.1) is 13.8 Å². The largest absolute Gasteiger partial charge is 0.368 e. The van der Waals surface area contributed by atoms with Gasteiger partial charge in [0, 0.05) is 30.4 Å². The van der Waals surface area contributed by atoms with Crippen molar-refractivity contribution >= 4 is 11.6 Å². The molecule has 1 unspecified atom stereocenters. The van der Waals surface area contributed by atoms with Gasteiger partial charge >= 0.3 is 0 Å². The summed E-state index contributed by atoms with van der Waals surface area (Å²) in [5.41, 5.74) is 5.91. The summed E-state index contributed by atoms with van der Waals surface area (Å²) in [7, 11) is 0. The Labute approximate surface area is 144 Å². The fourth-order valence-electron chi connectivity index (χ4n) is 3.41. The lowest BCUT2D eigenvalue weighted by atomic mass is 10.1. The molecular formula is C21H26N2O. The van der Waals surface area contributed by atoms with Crippen molar-refractivity contribution in [2.75, 3.05) is 18.0 Å². The van der Waals surface area contributed by atoms with Crippen molar-refractivity contribution in [1.82, 2.24) is 5.32 Å². The van der Waals surface area contributed by atoms with Gasteiger partial charge < -0.3 is 10.2 Å². The van der Waals surface area contributed by atoms with Crippen molar-refractivity contribution in [3.8, 4) is 0 Å². The van der Waals surface area contributed by atoms with E-state index in [1.165, 1.54) is 16.8 Å².